The van der Waals surface area contributed by atoms with E-state index in [1.165, 1.54) is 0 Å². The molecule has 1 aromatic rings. The van der Waals surface area contributed by atoms with Crippen molar-refractivity contribution in [1.29, 1.82) is 0 Å². The Hall–Kier alpha value is -1.55. The molecule has 1 aliphatic heterocycles. The van der Waals surface area contributed by atoms with Gasteiger partial charge in [0.2, 0.25) is 0 Å². The quantitative estimate of drug-likeness (QED) is 0.638. The Balaban J connectivity index is 2.01. The van der Waals surface area contributed by atoms with E-state index < -0.39 is 0 Å². The van der Waals surface area contributed by atoms with Crippen LogP contribution in [0.4, 0.5) is 0 Å². The van der Waals surface area contributed by atoms with Crippen LogP contribution in [-0.4, -0.2) is 26.2 Å². The van der Waals surface area contributed by atoms with Crippen LogP contribution >= 0.6 is 0 Å². The Morgan fingerprint density at radius 2 is 2.12 bits per heavy atom. The van der Waals surface area contributed by atoms with E-state index in [0.29, 0.717) is 18.0 Å². The molecule has 2 rings (SSSR count). The third-order valence-electron chi connectivity index (χ3n) is 2.91. The van der Waals surface area contributed by atoms with E-state index in [1.807, 2.05) is 12.1 Å². The number of para-hydroxylation sites is 2. The van der Waals surface area contributed by atoms with Gasteiger partial charge in [0.25, 0.3) is 0 Å². The number of carbonyl (C=O) groups excluding carboxylic acids is 1. The number of esters is 1. The van der Waals surface area contributed by atoms with Crippen molar-refractivity contribution >= 4 is 5.97 Å². The van der Waals surface area contributed by atoms with Crippen molar-refractivity contribution in [1.82, 2.24) is 5.32 Å². The van der Waals surface area contributed by atoms with Gasteiger partial charge in [-0.1, -0.05) is 12.1 Å². The lowest BCUT2D eigenvalue weighted by atomic mass is 10.0. The highest BCUT2D eigenvalue weighted by atomic mass is 16.6. The lowest BCUT2D eigenvalue weighted by Crippen LogP contribution is -2.36. The van der Waals surface area contributed by atoms with Gasteiger partial charge in [-0.25, -0.2) is 0 Å². The first kappa shape index (κ1) is 11.9. The third-order valence-corrected chi connectivity index (χ3v) is 2.91. The predicted octanol–water partition coefficient (Wildman–Crippen LogP) is 1.60. The van der Waals surface area contributed by atoms with Gasteiger partial charge in [0, 0.05) is 6.54 Å². The third kappa shape index (κ3) is 2.97. The second-order valence-corrected chi connectivity index (χ2v) is 4.12. The normalized spacial score (nSPS) is 19.7. The summed E-state index contributed by atoms with van der Waals surface area (Å²) in [5.41, 5.74) is 0. The molecule has 1 heterocycles. The molecule has 0 saturated carbocycles. The van der Waals surface area contributed by atoms with Crippen molar-refractivity contribution in [3.05, 3.63) is 24.3 Å². The summed E-state index contributed by atoms with van der Waals surface area (Å²) < 4.78 is 10.5. The number of benzene rings is 1. The van der Waals surface area contributed by atoms with Gasteiger partial charge >= 0.3 is 5.97 Å². The molecule has 0 aliphatic carbocycles. The zero-order valence-corrected chi connectivity index (χ0v) is 9.94. The van der Waals surface area contributed by atoms with Crippen LogP contribution in [0.25, 0.3) is 0 Å². The van der Waals surface area contributed by atoms with Gasteiger partial charge < -0.3 is 14.8 Å². The number of methoxy groups -OCH3 is 1. The Bertz CT molecular complexity index is 386. The zero-order valence-electron chi connectivity index (χ0n) is 9.94. The average Bonchev–Trinajstić information content (AvgIpc) is 2.40. The van der Waals surface area contributed by atoms with Gasteiger partial charge in [-0.2, -0.15) is 0 Å². The molecule has 92 valence electrons. The van der Waals surface area contributed by atoms with Crippen LogP contribution in [0, 0.1) is 5.92 Å². The molecule has 0 aromatic heterocycles. The molecule has 0 amide bonds. The van der Waals surface area contributed by atoms with E-state index in [0.717, 1.165) is 19.4 Å². The van der Waals surface area contributed by atoms with Crippen molar-refractivity contribution in [2.75, 3.05) is 20.2 Å². The highest BCUT2D eigenvalue weighted by Crippen LogP contribution is 2.27. The fourth-order valence-electron chi connectivity index (χ4n) is 1.95. The number of carbonyl (C=O) groups is 1. The van der Waals surface area contributed by atoms with Gasteiger partial charge in [-0.3, -0.25) is 4.79 Å². The van der Waals surface area contributed by atoms with Crippen LogP contribution in [0.15, 0.2) is 24.3 Å². The maximum Gasteiger partial charge on any atom is 0.315 e. The fraction of sp³-hybridized carbons (Fsp3) is 0.462. The van der Waals surface area contributed by atoms with Crippen LogP contribution in [0.2, 0.25) is 0 Å². The van der Waals surface area contributed by atoms with Crippen molar-refractivity contribution in [2.45, 2.75) is 12.8 Å². The zero-order chi connectivity index (χ0) is 12.1. The summed E-state index contributed by atoms with van der Waals surface area (Å²) in [6.07, 6.45) is 1.91. The predicted molar refractivity (Wildman–Crippen MR) is 64.2 cm³/mol. The van der Waals surface area contributed by atoms with E-state index in [2.05, 4.69) is 5.32 Å². The minimum Gasteiger partial charge on any atom is -0.493 e. The summed E-state index contributed by atoms with van der Waals surface area (Å²) >= 11 is 0. The van der Waals surface area contributed by atoms with Crippen molar-refractivity contribution in [3.8, 4) is 11.5 Å². The Morgan fingerprint density at radius 3 is 2.76 bits per heavy atom. The monoisotopic (exact) mass is 235 g/mol. The lowest BCUT2D eigenvalue weighted by molar-refractivity contribution is -0.139. The highest BCUT2D eigenvalue weighted by Gasteiger charge is 2.23. The number of piperidine rings is 1. The molecule has 1 aromatic carbocycles. The van der Waals surface area contributed by atoms with Crippen LogP contribution in [-0.2, 0) is 4.79 Å². The SMILES string of the molecule is COc1ccccc1OC(=O)C1CCCNC1. The molecule has 4 nitrogen and oxygen atoms in total. The molecule has 1 fully saturated rings. The summed E-state index contributed by atoms with van der Waals surface area (Å²) in [6.45, 7) is 1.69. The molecule has 4 heteroatoms. The van der Waals surface area contributed by atoms with Crippen LogP contribution in [0.1, 0.15) is 12.8 Å². The van der Waals surface area contributed by atoms with Crippen LogP contribution < -0.4 is 14.8 Å². The van der Waals surface area contributed by atoms with Crippen molar-refractivity contribution in [2.24, 2.45) is 5.92 Å². The van der Waals surface area contributed by atoms with Gasteiger partial charge in [0.15, 0.2) is 11.5 Å². The van der Waals surface area contributed by atoms with Gasteiger partial charge in [-0.05, 0) is 31.5 Å². The van der Waals surface area contributed by atoms with E-state index in [9.17, 15) is 4.79 Å². The molecule has 0 radical (unpaired) electrons. The maximum atomic E-state index is 11.9. The second kappa shape index (κ2) is 5.68. The number of ether oxygens (including phenoxy) is 2. The van der Waals surface area contributed by atoms with Gasteiger partial charge in [0.1, 0.15) is 0 Å². The first-order valence-corrected chi connectivity index (χ1v) is 5.86. The molecule has 0 bridgehead atoms. The first-order chi connectivity index (χ1) is 8.31. The Morgan fingerprint density at radius 1 is 1.35 bits per heavy atom. The number of rotatable bonds is 3. The van der Waals surface area contributed by atoms with Crippen molar-refractivity contribution < 1.29 is 14.3 Å². The topological polar surface area (TPSA) is 47.6 Å². The molecule has 0 spiro atoms. The molecular weight excluding hydrogens is 218 g/mol. The molecular formula is C13H17NO3. The summed E-state index contributed by atoms with van der Waals surface area (Å²) in [6, 6.07) is 7.19. The maximum absolute atomic E-state index is 11.9. The smallest absolute Gasteiger partial charge is 0.315 e. The molecule has 1 aliphatic rings. The summed E-state index contributed by atoms with van der Waals surface area (Å²) in [7, 11) is 1.56. The van der Waals surface area contributed by atoms with E-state index in [4.69, 9.17) is 9.47 Å². The van der Waals surface area contributed by atoms with E-state index in [1.54, 1.807) is 19.2 Å². The summed E-state index contributed by atoms with van der Waals surface area (Å²) in [4.78, 5) is 11.9. The number of hydrogen-bond donors (Lipinski definition) is 1. The number of nitrogens with one attached hydrogen (secondary N) is 1. The molecule has 1 unspecified atom stereocenters. The largest absolute Gasteiger partial charge is 0.493 e. The minimum absolute atomic E-state index is 0.0475. The summed E-state index contributed by atoms with van der Waals surface area (Å²) in [5, 5.41) is 3.20. The fourth-order valence-corrected chi connectivity index (χ4v) is 1.95. The lowest BCUT2D eigenvalue weighted by Gasteiger charge is -2.21. The summed E-state index contributed by atoms with van der Waals surface area (Å²) in [5.74, 6) is 0.852. The minimum atomic E-state index is -0.179. The van der Waals surface area contributed by atoms with Crippen LogP contribution in [0.3, 0.4) is 0 Å². The van der Waals surface area contributed by atoms with Gasteiger partial charge in [-0.15, -0.1) is 0 Å². The second-order valence-electron chi connectivity index (χ2n) is 4.12. The molecule has 1 atom stereocenters. The van der Waals surface area contributed by atoms with Crippen LogP contribution in [0.5, 0.6) is 11.5 Å². The van der Waals surface area contributed by atoms with E-state index >= 15 is 0 Å². The average molecular weight is 235 g/mol. The van der Waals surface area contributed by atoms with E-state index in [-0.39, 0.29) is 11.9 Å². The van der Waals surface area contributed by atoms with Crippen molar-refractivity contribution in [3.63, 3.8) is 0 Å². The molecule has 1 saturated heterocycles. The highest BCUT2D eigenvalue weighted by molar-refractivity contribution is 5.76. The molecule has 17 heavy (non-hydrogen) atoms. The number of hydrogen-bond acceptors (Lipinski definition) is 4. The Labute approximate surface area is 101 Å². The Kier molecular flexibility index (Phi) is 3.98. The standard InChI is InChI=1S/C13H17NO3/c1-16-11-6-2-3-7-12(11)17-13(15)10-5-4-8-14-9-10/h2-3,6-7,10,14H,4-5,8-9H2,1H3. The first-order valence-electron chi connectivity index (χ1n) is 5.86. The molecule has 1 N–H and O–H groups in total. The van der Waals surface area contributed by atoms with Gasteiger partial charge in [0.05, 0.1) is 13.0 Å².